The fourth-order valence-electron chi connectivity index (χ4n) is 4.99. The van der Waals surface area contributed by atoms with Gasteiger partial charge in [0.2, 0.25) is 23.6 Å². The second-order valence-electron chi connectivity index (χ2n) is 11.4. The highest BCUT2D eigenvalue weighted by atomic mass is 16.4. The highest BCUT2D eigenvalue weighted by Gasteiger charge is 2.38. The number of nitrogens with one attached hydrogen (secondary N) is 3. The average Bonchev–Trinajstić information content (AvgIpc) is 2.90. The van der Waals surface area contributed by atoms with E-state index in [4.69, 9.17) is 5.73 Å². The Morgan fingerprint density at radius 1 is 0.805 bits per heavy atom. The van der Waals surface area contributed by atoms with Crippen molar-refractivity contribution in [3.8, 4) is 0 Å². The molecule has 4 amide bonds. The minimum absolute atomic E-state index is 0.0110. The lowest BCUT2D eigenvalue weighted by atomic mass is 9.78. The van der Waals surface area contributed by atoms with E-state index in [1.165, 1.54) is 0 Å². The predicted octanol–water partition coefficient (Wildman–Crippen LogP) is 1.83. The van der Waals surface area contributed by atoms with E-state index < -0.39 is 71.9 Å². The lowest BCUT2D eigenvalue weighted by molar-refractivity contribution is -0.149. The number of rotatable bonds is 14. The van der Waals surface area contributed by atoms with Gasteiger partial charge in [-0.1, -0.05) is 64.8 Å². The molecule has 1 aromatic rings. The van der Waals surface area contributed by atoms with Crippen molar-refractivity contribution in [2.75, 3.05) is 0 Å². The van der Waals surface area contributed by atoms with E-state index in [-0.39, 0.29) is 18.3 Å². The number of primary amides is 1. The van der Waals surface area contributed by atoms with E-state index in [0.717, 1.165) is 5.56 Å². The molecule has 0 aliphatic heterocycles. The fraction of sp³-hybridized carbons (Fsp3) is 0.586. The molecule has 1 aliphatic carbocycles. The van der Waals surface area contributed by atoms with Crippen LogP contribution in [0.25, 0.3) is 0 Å². The maximum atomic E-state index is 13.6. The first-order valence-corrected chi connectivity index (χ1v) is 14.0. The van der Waals surface area contributed by atoms with Crippen LogP contribution in [-0.4, -0.2) is 57.9 Å². The van der Waals surface area contributed by atoms with Crippen LogP contribution in [0.4, 0.5) is 0 Å². The number of benzene rings is 1. The largest absolute Gasteiger partial charge is 0.481 e. The number of nitrogens with two attached hydrogens (primary N) is 1. The summed E-state index contributed by atoms with van der Waals surface area (Å²) in [5.41, 5.74) is 6.75. The molecule has 1 fully saturated rings. The summed E-state index contributed by atoms with van der Waals surface area (Å²) in [5, 5.41) is 26.5. The van der Waals surface area contributed by atoms with Crippen LogP contribution >= 0.6 is 0 Å². The van der Waals surface area contributed by atoms with Crippen LogP contribution in [0.2, 0.25) is 0 Å². The van der Waals surface area contributed by atoms with E-state index in [9.17, 15) is 39.0 Å². The first-order valence-electron chi connectivity index (χ1n) is 14.0. The second-order valence-corrected chi connectivity index (χ2v) is 11.4. The summed E-state index contributed by atoms with van der Waals surface area (Å²) in [6.45, 7) is 7.61. The predicted molar refractivity (Wildman–Crippen MR) is 149 cm³/mol. The molecule has 0 spiro atoms. The lowest BCUT2D eigenvalue weighted by Crippen LogP contribution is -2.55. The number of carboxylic acids is 2. The molecule has 0 bridgehead atoms. The van der Waals surface area contributed by atoms with Gasteiger partial charge in [-0.15, -0.1) is 0 Å². The van der Waals surface area contributed by atoms with Gasteiger partial charge in [0.1, 0.15) is 18.1 Å². The van der Waals surface area contributed by atoms with Crippen molar-refractivity contribution < 1.29 is 39.0 Å². The smallest absolute Gasteiger partial charge is 0.307 e. The quantitative estimate of drug-likeness (QED) is 0.193. The topological polar surface area (TPSA) is 205 Å². The van der Waals surface area contributed by atoms with Gasteiger partial charge < -0.3 is 31.9 Å². The van der Waals surface area contributed by atoms with Crippen LogP contribution in [0.1, 0.15) is 89.3 Å². The Balaban J connectivity index is 2.37. The molecular formula is C29H42N4O8. The zero-order valence-electron chi connectivity index (χ0n) is 24.0. The Morgan fingerprint density at radius 2 is 1.34 bits per heavy atom. The van der Waals surface area contributed by atoms with Crippen molar-refractivity contribution >= 4 is 35.6 Å². The minimum Gasteiger partial charge on any atom is -0.481 e. The van der Waals surface area contributed by atoms with E-state index in [1.807, 2.05) is 27.7 Å². The molecule has 1 aliphatic rings. The lowest BCUT2D eigenvalue weighted by Gasteiger charge is -2.30. The van der Waals surface area contributed by atoms with E-state index in [1.54, 1.807) is 24.3 Å². The van der Waals surface area contributed by atoms with Crippen molar-refractivity contribution in [1.82, 2.24) is 16.0 Å². The van der Waals surface area contributed by atoms with Gasteiger partial charge in [-0.25, -0.2) is 0 Å². The minimum atomic E-state index is -1.58. The molecule has 1 saturated carbocycles. The first-order chi connectivity index (χ1) is 19.2. The number of amides is 4. The molecule has 12 heteroatoms. The van der Waals surface area contributed by atoms with Crippen LogP contribution in [0.3, 0.4) is 0 Å². The Morgan fingerprint density at radius 3 is 1.83 bits per heavy atom. The number of hydrogen-bond donors (Lipinski definition) is 6. The zero-order chi connectivity index (χ0) is 30.9. The standard InChI is InChI=1S/C29H42N4O8/c1-15(2)13-21(25(30)36)31-27(38)22(14-23(34)35)32-28(39)24(18-11-9-17(10-12-18)16(3)4)33-26(37)19-7-5-6-8-20(19)29(40)41/h9-12,15-16,19-22,24H,5-8,13-14H2,1-4H3,(H2,30,36)(H,31,38)(H,32,39)(H,33,37)(H,34,35)(H,40,41)/t19-,20-,21+,22+,24+/m1/s1. The van der Waals surface area contributed by atoms with Gasteiger partial charge in [-0.2, -0.15) is 0 Å². The third-order valence-electron chi connectivity index (χ3n) is 7.28. The number of carbonyl (C=O) groups is 6. The molecule has 0 unspecified atom stereocenters. The van der Waals surface area contributed by atoms with Crippen molar-refractivity contribution in [3.63, 3.8) is 0 Å². The molecule has 0 saturated heterocycles. The van der Waals surface area contributed by atoms with Gasteiger partial charge in [-0.3, -0.25) is 28.8 Å². The van der Waals surface area contributed by atoms with Gasteiger partial charge >= 0.3 is 11.9 Å². The number of carboxylic acid groups (broad SMARTS) is 2. The Labute approximate surface area is 239 Å². The van der Waals surface area contributed by atoms with Crippen LogP contribution in [-0.2, 0) is 28.8 Å². The fourth-order valence-corrected chi connectivity index (χ4v) is 4.99. The summed E-state index contributed by atoms with van der Waals surface area (Å²) in [4.78, 5) is 75.2. The highest BCUT2D eigenvalue weighted by molar-refractivity contribution is 5.96. The van der Waals surface area contributed by atoms with Gasteiger partial charge in [0, 0.05) is 0 Å². The van der Waals surface area contributed by atoms with Crippen molar-refractivity contribution in [2.45, 2.75) is 90.3 Å². The molecule has 5 atom stereocenters. The van der Waals surface area contributed by atoms with Crippen LogP contribution in [0.15, 0.2) is 24.3 Å². The number of aliphatic carboxylic acids is 2. The van der Waals surface area contributed by atoms with E-state index in [2.05, 4.69) is 16.0 Å². The Hall–Kier alpha value is -3.96. The SMILES string of the molecule is CC(C)C[C@H](NC(=O)[C@H](CC(=O)O)NC(=O)[C@@H](NC(=O)[C@@H]1CCCC[C@H]1C(=O)O)c1ccc(C(C)C)cc1)C(N)=O. The average molecular weight is 575 g/mol. The summed E-state index contributed by atoms with van der Waals surface area (Å²) in [6.07, 6.45) is 1.45. The third kappa shape index (κ3) is 9.87. The maximum absolute atomic E-state index is 13.6. The van der Waals surface area contributed by atoms with Crippen molar-refractivity contribution in [3.05, 3.63) is 35.4 Å². The summed E-state index contributed by atoms with van der Waals surface area (Å²) < 4.78 is 0. The normalized spacial score (nSPS) is 19.1. The Kier molecular flexibility index (Phi) is 12.3. The molecule has 7 N–H and O–H groups in total. The molecule has 12 nitrogen and oxygen atoms in total. The molecule has 2 rings (SSSR count). The van der Waals surface area contributed by atoms with E-state index >= 15 is 0 Å². The highest BCUT2D eigenvalue weighted by Crippen LogP contribution is 2.31. The summed E-state index contributed by atoms with van der Waals surface area (Å²) >= 11 is 0. The van der Waals surface area contributed by atoms with Gasteiger partial charge in [-0.05, 0) is 42.2 Å². The van der Waals surface area contributed by atoms with Gasteiger partial charge in [0.05, 0.1) is 18.3 Å². The summed E-state index contributed by atoms with van der Waals surface area (Å²) in [6, 6.07) is 2.88. The van der Waals surface area contributed by atoms with Crippen molar-refractivity contribution in [2.24, 2.45) is 23.5 Å². The van der Waals surface area contributed by atoms with Crippen LogP contribution < -0.4 is 21.7 Å². The number of hydrogen-bond acceptors (Lipinski definition) is 6. The zero-order valence-corrected chi connectivity index (χ0v) is 24.0. The van der Waals surface area contributed by atoms with Gasteiger partial charge in [0.25, 0.3) is 0 Å². The van der Waals surface area contributed by atoms with Crippen LogP contribution in [0, 0.1) is 17.8 Å². The van der Waals surface area contributed by atoms with Crippen molar-refractivity contribution in [1.29, 1.82) is 0 Å². The molecule has 1 aromatic carbocycles. The van der Waals surface area contributed by atoms with E-state index in [0.29, 0.717) is 31.2 Å². The monoisotopic (exact) mass is 574 g/mol. The molecule has 226 valence electrons. The molecule has 0 heterocycles. The molecule has 0 radical (unpaired) electrons. The Bertz CT molecular complexity index is 1120. The second kappa shape index (κ2) is 15.2. The summed E-state index contributed by atoms with van der Waals surface area (Å²) in [7, 11) is 0. The third-order valence-corrected chi connectivity index (χ3v) is 7.28. The molecule has 41 heavy (non-hydrogen) atoms. The molecule has 0 aromatic heterocycles. The van der Waals surface area contributed by atoms with Crippen LogP contribution in [0.5, 0.6) is 0 Å². The maximum Gasteiger partial charge on any atom is 0.307 e. The first kappa shape index (κ1) is 33.2. The summed E-state index contributed by atoms with van der Waals surface area (Å²) in [5.74, 6) is -7.22. The number of carbonyl (C=O) groups excluding carboxylic acids is 4. The van der Waals surface area contributed by atoms with Gasteiger partial charge in [0.15, 0.2) is 0 Å². The molecular weight excluding hydrogens is 532 g/mol.